The van der Waals surface area contributed by atoms with E-state index in [-0.39, 0.29) is 37.5 Å². The van der Waals surface area contributed by atoms with Crippen LogP contribution < -0.4 is 54.4 Å². The summed E-state index contributed by atoms with van der Waals surface area (Å²) in [4.78, 5) is 107. The summed E-state index contributed by atoms with van der Waals surface area (Å²) < 4.78 is 0. The number of nitrogens with two attached hydrogens (primary N) is 3. The predicted molar refractivity (Wildman–Crippen MR) is 250 cm³/mol. The van der Waals surface area contributed by atoms with E-state index in [0.717, 1.165) is 0 Å². The zero-order chi connectivity index (χ0) is 50.0. The third-order valence-corrected chi connectivity index (χ3v) is 11.4. The summed E-state index contributed by atoms with van der Waals surface area (Å²) in [6, 6.07) is -10.2. The normalized spacial score (nSPS) is 16.6. The fraction of sp³-hybridized carbons (Fsp3) is 0.814. The maximum atomic E-state index is 14.1. The van der Waals surface area contributed by atoms with E-state index in [1.165, 1.54) is 25.6 Å². The van der Waals surface area contributed by atoms with Gasteiger partial charge in [-0.2, -0.15) is 11.8 Å². The molecular formula is C43H82N10O11S. The van der Waals surface area contributed by atoms with Crippen LogP contribution in [0.1, 0.15) is 120 Å². The number of aliphatic carboxylic acids is 1. The van der Waals surface area contributed by atoms with Gasteiger partial charge in [0.1, 0.15) is 42.3 Å². The SMILES string of the molecule is CC[C@H](C)[C@H](NC(=O)[C@@H](NC(=O)[C@H](CCCCN)NC(=O)[C@@H](N)CCCCN)[C@@H](C)O)C(=O)N[C@@H](CC(C)C)C(=O)N[C@@H](CC(C)C)C(=O)N[C@H](C(=O)N[C@@H](CCSC)C(=O)O)[C@@H](C)O. The van der Waals surface area contributed by atoms with Crippen molar-refractivity contribution in [1.82, 2.24) is 37.2 Å². The molecule has 0 aromatic heterocycles. The van der Waals surface area contributed by atoms with Gasteiger partial charge >= 0.3 is 5.97 Å². The second-order valence-electron chi connectivity index (χ2n) is 17.6. The van der Waals surface area contributed by atoms with E-state index < -0.39 is 114 Å². The van der Waals surface area contributed by atoms with Gasteiger partial charge in [-0.25, -0.2) is 4.79 Å². The highest BCUT2D eigenvalue weighted by Gasteiger charge is 2.37. The average molecular weight is 947 g/mol. The molecule has 0 saturated carbocycles. The second-order valence-corrected chi connectivity index (χ2v) is 18.6. The Morgan fingerprint density at radius 1 is 0.508 bits per heavy atom. The maximum absolute atomic E-state index is 14.1. The summed E-state index contributed by atoms with van der Waals surface area (Å²) in [6.07, 6.45) is 2.31. The Bertz CT molecular complexity index is 1510. The number of carbonyl (C=O) groups is 8. The molecule has 0 bridgehead atoms. The van der Waals surface area contributed by atoms with Crippen LogP contribution in [-0.2, 0) is 38.4 Å². The molecule has 0 spiro atoms. The molecule has 0 aromatic carbocycles. The third-order valence-electron chi connectivity index (χ3n) is 10.7. The molecule has 0 heterocycles. The Labute approximate surface area is 389 Å². The molecule has 376 valence electrons. The summed E-state index contributed by atoms with van der Waals surface area (Å²) in [5.74, 6) is -7.23. The number of amides is 7. The van der Waals surface area contributed by atoms with Gasteiger partial charge in [-0.1, -0.05) is 54.4 Å². The Balaban J connectivity index is 6.41. The first-order chi connectivity index (χ1) is 30.4. The molecule has 21 nitrogen and oxygen atoms in total. The molecule has 0 fully saturated rings. The van der Waals surface area contributed by atoms with Gasteiger partial charge in [0, 0.05) is 0 Å². The van der Waals surface area contributed by atoms with Crippen molar-refractivity contribution in [1.29, 1.82) is 0 Å². The second kappa shape index (κ2) is 32.6. The number of carbonyl (C=O) groups excluding carboxylic acids is 7. The molecule has 0 saturated heterocycles. The summed E-state index contributed by atoms with van der Waals surface area (Å²) in [7, 11) is 0. The molecule has 0 aliphatic carbocycles. The number of hydrogen-bond acceptors (Lipinski definition) is 14. The number of carboxylic acid groups (broad SMARTS) is 1. The van der Waals surface area contributed by atoms with E-state index >= 15 is 0 Å². The van der Waals surface area contributed by atoms with E-state index in [1.807, 2.05) is 13.8 Å². The minimum absolute atomic E-state index is 0.0801. The first-order valence-corrected chi connectivity index (χ1v) is 24.2. The van der Waals surface area contributed by atoms with Gasteiger partial charge < -0.3 is 69.7 Å². The lowest BCUT2D eigenvalue weighted by atomic mass is 9.95. The van der Waals surface area contributed by atoms with E-state index in [0.29, 0.717) is 57.4 Å². The van der Waals surface area contributed by atoms with Gasteiger partial charge in [0.15, 0.2) is 0 Å². The summed E-state index contributed by atoms with van der Waals surface area (Å²) in [5.41, 5.74) is 17.3. The molecule has 0 unspecified atom stereocenters. The predicted octanol–water partition coefficient (Wildman–Crippen LogP) is -1.30. The van der Waals surface area contributed by atoms with Crippen LogP contribution in [0.15, 0.2) is 0 Å². The van der Waals surface area contributed by atoms with E-state index in [4.69, 9.17) is 17.2 Å². The molecule has 0 aromatic rings. The Morgan fingerprint density at radius 2 is 0.892 bits per heavy atom. The van der Waals surface area contributed by atoms with Crippen LogP contribution >= 0.6 is 11.8 Å². The van der Waals surface area contributed by atoms with Crippen molar-refractivity contribution in [3.05, 3.63) is 0 Å². The quantitative estimate of drug-likeness (QED) is 0.0334. The fourth-order valence-electron chi connectivity index (χ4n) is 6.64. The highest BCUT2D eigenvalue weighted by molar-refractivity contribution is 7.98. The van der Waals surface area contributed by atoms with E-state index in [2.05, 4.69) is 37.2 Å². The van der Waals surface area contributed by atoms with E-state index in [9.17, 15) is 53.7 Å². The highest BCUT2D eigenvalue weighted by Crippen LogP contribution is 2.14. The average Bonchev–Trinajstić information content (AvgIpc) is 3.22. The van der Waals surface area contributed by atoms with Crippen LogP contribution in [0.25, 0.3) is 0 Å². The van der Waals surface area contributed by atoms with Crippen molar-refractivity contribution in [3.63, 3.8) is 0 Å². The van der Waals surface area contributed by atoms with Crippen LogP contribution in [0.2, 0.25) is 0 Å². The smallest absolute Gasteiger partial charge is 0.326 e. The summed E-state index contributed by atoms with van der Waals surface area (Å²) in [6.45, 7) is 14.0. The van der Waals surface area contributed by atoms with Gasteiger partial charge in [-0.3, -0.25) is 33.6 Å². The monoisotopic (exact) mass is 947 g/mol. The molecule has 0 rings (SSSR count). The standard InChI is InChI=1S/C43H82N10O11S/c1-10-25(6)33(51-42(62)35(27(8)55)52-37(57)29(16-12-14-19-45)47-36(56)28(46)15-11-13-18-44)40(60)50-31(21-23(2)3)38(58)49-32(22-24(4)5)39(59)53-34(26(7)54)41(61)48-30(43(63)64)17-20-65-9/h23-35,54-55H,10-22,44-46H2,1-9H3,(H,47,56)(H,48,61)(H,49,58)(H,50,60)(H,51,62)(H,52,57)(H,53,59)(H,63,64)/t25-,26+,27+,28-,29-,30-,31-,32-,33-,34-,35-/m0/s1. The number of carboxylic acids is 1. The zero-order valence-electron chi connectivity index (χ0n) is 39.9. The van der Waals surface area contributed by atoms with Gasteiger partial charge in [-0.15, -0.1) is 0 Å². The highest BCUT2D eigenvalue weighted by atomic mass is 32.2. The Morgan fingerprint density at radius 3 is 1.32 bits per heavy atom. The van der Waals surface area contributed by atoms with Crippen LogP contribution in [0.4, 0.5) is 0 Å². The minimum Gasteiger partial charge on any atom is -0.480 e. The Kier molecular flexibility index (Phi) is 30.5. The van der Waals surface area contributed by atoms with Crippen LogP contribution in [-0.4, -0.2) is 148 Å². The summed E-state index contributed by atoms with van der Waals surface area (Å²) >= 11 is 1.38. The van der Waals surface area contributed by atoms with Gasteiger partial charge in [0.2, 0.25) is 41.4 Å². The number of rotatable bonds is 34. The van der Waals surface area contributed by atoms with Crippen molar-refractivity contribution >= 4 is 59.1 Å². The number of hydrogen-bond donors (Lipinski definition) is 13. The molecule has 22 heteroatoms. The number of aliphatic hydroxyl groups excluding tert-OH is 2. The first-order valence-electron chi connectivity index (χ1n) is 22.8. The lowest BCUT2D eigenvalue weighted by Gasteiger charge is -2.31. The molecule has 0 aliphatic heterocycles. The molecule has 11 atom stereocenters. The van der Waals surface area contributed by atoms with Crippen LogP contribution in [0.5, 0.6) is 0 Å². The topological polar surface area (TPSA) is 360 Å². The lowest BCUT2D eigenvalue weighted by Crippen LogP contribution is -2.63. The summed E-state index contributed by atoms with van der Waals surface area (Å²) in [5, 5.41) is 48.8. The molecule has 0 radical (unpaired) electrons. The number of thioether (sulfide) groups is 1. The molecule has 0 aliphatic rings. The first kappa shape index (κ1) is 60.9. The fourth-order valence-corrected chi connectivity index (χ4v) is 7.11. The van der Waals surface area contributed by atoms with Crippen LogP contribution in [0, 0.1) is 17.8 Å². The van der Waals surface area contributed by atoms with Crippen LogP contribution in [0.3, 0.4) is 0 Å². The lowest BCUT2D eigenvalue weighted by molar-refractivity contribution is -0.143. The number of unbranched alkanes of at least 4 members (excludes halogenated alkanes) is 2. The third kappa shape index (κ3) is 23.8. The Hall–Kier alpha value is -4.09. The zero-order valence-corrected chi connectivity index (χ0v) is 40.8. The van der Waals surface area contributed by atoms with Gasteiger partial charge in [0.05, 0.1) is 18.2 Å². The van der Waals surface area contributed by atoms with Gasteiger partial charge in [0.25, 0.3) is 0 Å². The maximum Gasteiger partial charge on any atom is 0.326 e. The van der Waals surface area contributed by atoms with Crippen molar-refractivity contribution in [2.75, 3.05) is 25.1 Å². The molecule has 65 heavy (non-hydrogen) atoms. The van der Waals surface area contributed by atoms with Crippen molar-refractivity contribution < 1.29 is 53.7 Å². The number of nitrogens with one attached hydrogen (secondary N) is 7. The molecule has 7 amide bonds. The molecular weight excluding hydrogens is 865 g/mol. The van der Waals surface area contributed by atoms with E-state index in [1.54, 1.807) is 34.0 Å². The van der Waals surface area contributed by atoms with Gasteiger partial charge in [-0.05, 0) is 108 Å². The van der Waals surface area contributed by atoms with Crippen molar-refractivity contribution in [2.45, 2.75) is 180 Å². The minimum atomic E-state index is -1.57. The van der Waals surface area contributed by atoms with Crippen molar-refractivity contribution in [2.24, 2.45) is 35.0 Å². The number of aliphatic hydroxyl groups is 2. The molecule has 16 N–H and O–H groups in total. The largest absolute Gasteiger partial charge is 0.480 e. The van der Waals surface area contributed by atoms with Crippen molar-refractivity contribution in [3.8, 4) is 0 Å².